The molecule has 0 spiro atoms. The van der Waals surface area contributed by atoms with Gasteiger partial charge in [0.15, 0.2) is 0 Å². The highest BCUT2D eigenvalue weighted by Crippen LogP contribution is 2.43. The van der Waals surface area contributed by atoms with E-state index in [0.717, 1.165) is 11.6 Å². The Kier molecular flexibility index (Phi) is 6.73. The van der Waals surface area contributed by atoms with Crippen LogP contribution in [0, 0.1) is 18.2 Å². The number of aromatic nitrogens is 2. The number of halogens is 4. The first-order valence-corrected chi connectivity index (χ1v) is 12.9. The van der Waals surface area contributed by atoms with Gasteiger partial charge in [-0.15, -0.1) is 0 Å². The highest BCUT2D eigenvalue weighted by atomic mass is 19.4. The lowest BCUT2D eigenvalue weighted by molar-refractivity contribution is -0.138. The lowest BCUT2D eigenvalue weighted by atomic mass is 9.78. The van der Waals surface area contributed by atoms with Gasteiger partial charge in [0.25, 0.3) is 0 Å². The van der Waals surface area contributed by atoms with Gasteiger partial charge in [-0.1, -0.05) is 50.2 Å². The molecule has 0 N–H and O–H groups in total. The molecule has 206 valence electrons. The number of piperidine rings is 1. The van der Waals surface area contributed by atoms with Crippen molar-refractivity contribution in [1.29, 1.82) is 0 Å². The van der Waals surface area contributed by atoms with E-state index in [4.69, 9.17) is 4.74 Å². The van der Waals surface area contributed by atoms with E-state index in [1.807, 2.05) is 31.7 Å². The third kappa shape index (κ3) is 4.68. The summed E-state index contributed by atoms with van der Waals surface area (Å²) in [6, 6.07) is 15.3. The van der Waals surface area contributed by atoms with Crippen LogP contribution in [0.3, 0.4) is 0 Å². The molecule has 1 atom stereocenters. The van der Waals surface area contributed by atoms with Crippen molar-refractivity contribution in [2.75, 3.05) is 25.1 Å². The van der Waals surface area contributed by atoms with Crippen LogP contribution in [0.4, 0.5) is 23.2 Å². The number of alkyl halides is 3. The summed E-state index contributed by atoms with van der Waals surface area (Å²) < 4.78 is 64.8. The molecule has 1 saturated heterocycles. The number of fused-ring (bicyclic) bond motifs is 1. The molecule has 5 nitrogen and oxygen atoms in total. The van der Waals surface area contributed by atoms with Gasteiger partial charge in [0.05, 0.1) is 30.4 Å². The number of benzene rings is 3. The molecule has 4 aromatic rings. The van der Waals surface area contributed by atoms with E-state index in [1.54, 1.807) is 28.8 Å². The molecule has 1 unspecified atom stereocenters. The summed E-state index contributed by atoms with van der Waals surface area (Å²) in [6.07, 6.45) is -4.00. The average Bonchev–Trinajstić information content (AvgIpc) is 3.14. The van der Waals surface area contributed by atoms with Crippen molar-refractivity contribution >= 4 is 16.7 Å². The number of para-hydroxylation sites is 2. The summed E-state index contributed by atoms with van der Waals surface area (Å²) in [4.78, 5) is 16.1. The first-order chi connectivity index (χ1) is 18.4. The van der Waals surface area contributed by atoms with Crippen molar-refractivity contribution in [3.05, 3.63) is 93.7 Å². The van der Waals surface area contributed by atoms with E-state index in [9.17, 15) is 22.4 Å². The van der Waals surface area contributed by atoms with Crippen molar-refractivity contribution in [3.63, 3.8) is 0 Å². The quantitative estimate of drug-likeness (QED) is 0.261. The van der Waals surface area contributed by atoms with Crippen LogP contribution < -0.4 is 15.3 Å². The van der Waals surface area contributed by atoms with Crippen molar-refractivity contribution in [2.24, 2.45) is 5.41 Å². The molecule has 0 bridgehead atoms. The number of ether oxygens (including phenoxy) is 1. The zero-order valence-electron chi connectivity index (χ0n) is 22.3. The van der Waals surface area contributed by atoms with Crippen molar-refractivity contribution in [2.45, 2.75) is 46.0 Å². The summed E-state index contributed by atoms with van der Waals surface area (Å²) in [5.41, 5.74) is 0.795. The Hall–Kier alpha value is -3.75. The smallest absolute Gasteiger partial charge is 0.416 e. The molecule has 0 saturated carbocycles. The van der Waals surface area contributed by atoms with Crippen LogP contribution in [0.2, 0.25) is 0 Å². The fourth-order valence-electron chi connectivity index (χ4n) is 6.06. The van der Waals surface area contributed by atoms with Crippen molar-refractivity contribution < 1.29 is 22.3 Å². The maximum Gasteiger partial charge on any atom is 0.416 e. The fraction of sp³-hybridized carbons (Fsp3) is 0.367. The highest BCUT2D eigenvalue weighted by Gasteiger charge is 2.40. The van der Waals surface area contributed by atoms with Gasteiger partial charge in [0.1, 0.15) is 17.1 Å². The minimum Gasteiger partial charge on any atom is -0.494 e. The molecular formula is C30H31F4N3O2. The number of rotatable bonds is 5. The van der Waals surface area contributed by atoms with Crippen molar-refractivity contribution in [1.82, 2.24) is 9.13 Å². The number of hydrogen-bond acceptors (Lipinski definition) is 3. The predicted molar refractivity (Wildman–Crippen MR) is 144 cm³/mol. The number of methoxy groups -OCH3 is 1. The third-order valence-corrected chi connectivity index (χ3v) is 7.80. The summed E-state index contributed by atoms with van der Waals surface area (Å²) in [7, 11) is 1.48. The summed E-state index contributed by atoms with van der Waals surface area (Å²) in [5, 5.41) is 0. The molecule has 5 rings (SSSR count). The van der Waals surface area contributed by atoms with E-state index in [1.165, 1.54) is 35.9 Å². The Balaban J connectivity index is 1.62. The predicted octanol–water partition coefficient (Wildman–Crippen LogP) is 6.80. The summed E-state index contributed by atoms with van der Waals surface area (Å²) in [6.45, 7) is 6.71. The standard InChI is InChI=1S/C30H31F4N3O2/c1-19-9-7-12-22(31)26(19)35-16-15-25(29(2,3)18-35)37-23-13-8-14-24(39-4)27(23)36(28(37)38)17-20-10-5-6-11-21(20)30(32,33)34/h5-14,25H,15-18H2,1-4H3. The van der Waals surface area contributed by atoms with Crippen LogP contribution in [0.1, 0.15) is 43.0 Å². The first-order valence-electron chi connectivity index (χ1n) is 12.9. The minimum atomic E-state index is -4.55. The highest BCUT2D eigenvalue weighted by molar-refractivity contribution is 5.83. The zero-order chi connectivity index (χ0) is 28.1. The molecule has 0 aliphatic carbocycles. The van der Waals surface area contributed by atoms with Gasteiger partial charge >= 0.3 is 11.9 Å². The Morgan fingerprint density at radius 1 is 1.03 bits per heavy atom. The van der Waals surface area contributed by atoms with Crippen LogP contribution in [-0.2, 0) is 12.7 Å². The molecule has 0 radical (unpaired) electrons. The van der Waals surface area contributed by atoms with E-state index in [-0.39, 0.29) is 24.0 Å². The second kappa shape index (κ2) is 9.77. The maximum atomic E-state index is 14.8. The van der Waals surface area contributed by atoms with Crippen LogP contribution in [0.25, 0.3) is 11.0 Å². The Morgan fingerprint density at radius 3 is 2.41 bits per heavy atom. The molecule has 0 amide bonds. The average molecular weight is 542 g/mol. The number of hydrogen-bond donors (Lipinski definition) is 0. The summed E-state index contributed by atoms with van der Waals surface area (Å²) in [5.74, 6) is 0.121. The Morgan fingerprint density at radius 2 is 1.74 bits per heavy atom. The van der Waals surface area contributed by atoms with Crippen LogP contribution in [0.5, 0.6) is 5.75 Å². The van der Waals surface area contributed by atoms with Gasteiger partial charge in [-0.2, -0.15) is 13.2 Å². The molecule has 39 heavy (non-hydrogen) atoms. The topological polar surface area (TPSA) is 39.4 Å². The van der Waals surface area contributed by atoms with E-state index in [0.29, 0.717) is 42.0 Å². The van der Waals surface area contributed by atoms with Crippen LogP contribution in [0.15, 0.2) is 65.5 Å². The number of nitrogens with zero attached hydrogens (tertiary/aromatic N) is 3. The number of anilines is 1. The van der Waals surface area contributed by atoms with Gasteiger partial charge in [-0.3, -0.25) is 9.13 Å². The largest absolute Gasteiger partial charge is 0.494 e. The third-order valence-electron chi connectivity index (χ3n) is 7.80. The van der Waals surface area contributed by atoms with Gasteiger partial charge in [-0.25, -0.2) is 9.18 Å². The normalized spacial score (nSPS) is 17.5. The van der Waals surface area contributed by atoms with Gasteiger partial charge in [-0.05, 0) is 48.7 Å². The molecule has 9 heteroatoms. The SMILES string of the molecule is COc1cccc2c1n(Cc1ccccc1C(F)(F)F)c(=O)n2C1CCN(c2c(C)cccc2F)CC1(C)C. The maximum absolute atomic E-state index is 14.8. The minimum absolute atomic E-state index is 0.00108. The second-order valence-corrected chi connectivity index (χ2v) is 10.8. The van der Waals surface area contributed by atoms with E-state index < -0.39 is 22.8 Å². The Bertz CT molecular complexity index is 1570. The molecule has 2 heterocycles. The fourth-order valence-corrected chi connectivity index (χ4v) is 6.06. The lowest BCUT2D eigenvalue weighted by Crippen LogP contribution is -2.49. The first kappa shape index (κ1) is 26.8. The second-order valence-electron chi connectivity index (χ2n) is 10.8. The summed E-state index contributed by atoms with van der Waals surface area (Å²) >= 11 is 0. The van der Waals surface area contributed by atoms with Gasteiger partial charge in [0, 0.05) is 24.5 Å². The molecule has 1 aliphatic heterocycles. The zero-order valence-corrected chi connectivity index (χ0v) is 22.3. The molecule has 1 aromatic heterocycles. The Labute approximate surface area is 224 Å². The van der Waals surface area contributed by atoms with Gasteiger partial charge in [0.2, 0.25) is 0 Å². The van der Waals surface area contributed by atoms with Crippen LogP contribution >= 0.6 is 0 Å². The van der Waals surface area contributed by atoms with Gasteiger partial charge < -0.3 is 9.64 Å². The lowest BCUT2D eigenvalue weighted by Gasteiger charge is -2.46. The molecule has 1 fully saturated rings. The van der Waals surface area contributed by atoms with E-state index in [2.05, 4.69) is 0 Å². The molecule has 3 aromatic carbocycles. The van der Waals surface area contributed by atoms with Crippen molar-refractivity contribution in [3.8, 4) is 5.75 Å². The number of imidazole rings is 1. The molecular weight excluding hydrogens is 510 g/mol. The van der Waals surface area contributed by atoms with Crippen LogP contribution in [-0.4, -0.2) is 29.3 Å². The molecule has 1 aliphatic rings. The number of aryl methyl sites for hydroxylation is 1. The monoisotopic (exact) mass is 541 g/mol. The van der Waals surface area contributed by atoms with E-state index >= 15 is 0 Å².